The first-order valence-corrected chi connectivity index (χ1v) is 6.72. The predicted molar refractivity (Wildman–Crippen MR) is 77.8 cm³/mol. The number of hydrogen-bond acceptors (Lipinski definition) is 3. The zero-order valence-corrected chi connectivity index (χ0v) is 11.8. The minimum absolute atomic E-state index is 0.0171. The summed E-state index contributed by atoms with van der Waals surface area (Å²) in [7, 11) is 0. The van der Waals surface area contributed by atoms with Gasteiger partial charge in [-0.3, -0.25) is 9.55 Å². The van der Waals surface area contributed by atoms with E-state index >= 15 is 0 Å². The number of nitrogens with zero attached hydrogens (tertiary/aromatic N) is 4. The van der Waals surface area contributed by atoms with E-state index in [1.165, 1.54) is 12.1 Å². The molecule has 0 radical (unpaired) electrons. The Morgan fingerprint density at radius 1 is 1.38 bits per heavy atom. The van der Waals surface area contributed by atoms with E-state index in [4.69, 9.17) is 16.9 Å². The minimum atomic E-state index is -0.548. The third-order valence-electron chi connectivity index (χ3n) is 3.17. The van der Waals surface area contributed by atoms with Crippen molar-refractivity contribution in [3.05, 3.63) is 53.9 Å². The van der Waals surface area contributed by atoms with E-state index in [1.807, 2.05) is 10.6 Å². The number of rotatable bonds is 2. The molecule has 2 heterocycles. The van der Waals surface area contributed by atoms with Crippen molar-refractivity contribution in [2.75, 3.05) is 0 Å². The largest absolute Gasteiger partial charge is 0.295 e. The van der Waals surface area contributed by atoms with Crippen molar-refractivity contribution in [1.29, 1.82) is 5.26 Å². The van der Waals surface area contributed by atoms with Crippen LogP contribution in [0.15, 0.2) is 36.7 Å². The number of benzene rings is 1. The lowest BCUT2D eigenvalue weighted by Gasteiger charge is -2.11. The minimum Gasteiger partial charge on any atom is -0.295 e. The van der Waals surface area contributed by atoms with E-state index in [-0.39, 0.29) is 10.9 Å². The number of halogens is 2. The van der Waals surface area contributed by atoms with E-state index in [0.717, 1.165) is 5.52 Å². The van der Waals surface area contributed by atoms with Gasteiger partial charge in [-0.25, -0.2) is 9.37 Å². The van der Waals surface area contributed by atoms with Gasteiger partial charge >= 0.3 is 0 Å². The Morgan fingerprint density at radius 3 is 2.90 bits per heavy atom. The second kappa shape index (κ2) is 5.15. The molecule has 0 aliphatic rings. The molecule has 1 unspecified atom stereocenters. The number of fused-ring (bicyclic) bond motifs is 1. The maximum Gasteiger partial charge on any atom is 0.141 e. The van der Waals surface area contributed by atoms with Gasteiger partial charge in [-0.1, -0.05) is 0 Å². The van der Waals surface area contributed by atoms with Crippen molar-refractivity contribution >= 4 is 22.6 Å². The standard InChI is InChI=1S/C15H10ClFN4/c1-9(16)15-20-13-8-19-5-4-14(13)21(15)11-2-3-12(17)10(6-11)7-18/h2-6,8-9H,1H3. The van der Waals surface area contributed by atoms with Crippen molar-refractivity contribution in [2.45, 2.75) is 12.3 Å². The molecule has 1 aromatic carbocycles. The highest BCUT2D eigenvalue weighted by molar-refractivity contribution is 6.20. The fraction of sp³-hybridized carbons (Fsp3) is 0.133. The fourth-order valence-electron chi connectivity index (χ4n) is 2.23. The van der Waals surface area contributed by atoms with Gasteiger partial charge in [0.15, 0.2) is 0 Å². The molecule has 0 saturated carbocycles. The van der Waals surface area contributed by atoms with Crippen LogP contribution < -0.4 is 0 Å². The quantitative estimate of drug-likeness (QED) is 0.678. The SMILES string of the molecule is CC(Cl)c1nc2cnccc2n1-c1ccc(F)c(C#N)c1. The fourth-order valence-corrected chi connectivity index (χ4v) is 2.37. The predicted octanol–water partition coefficient (Wildman–Crippen LogP) is 3.73. The molecule has 0 N–H and O–H groups in total. The number of aromatic nitrogens is 3. The average Bonchev–Trinajstić information content (AvgIpc) is 2.87. The molecule has 0 bridgehead atoms. The Morgan fingerprint density at radius 2 is 2.19 bits per heavy atom. The number of nitriles is 1. The lowest BCUT2D eigenvalue weighted by Crippen LogP contribution is -2.02. The van der Waals surface area contributed by atoms with Crippen molar-refractivity contribution < 1.29 is 4.39 Å². The van der Waals surface area contributed by atoms with Crippen LogP contribution >= 0.6 is 11.6 Å². The van der Waals surface area contributed by atoms with Crippen LogP contribution in [-0.4, -0.2) is 14.5 Å². The van der Waals surface area contributed by atoms with Gasteiger partial charge in [0.05, 0.1) is 22.7 Å². The van der Waals surface area contributed by atoms with Gasteiger partial charge in [0.25, 0.3) is 0 Å². The lowest BCUT2D eigenvalue weighted by molar-refractivity contribution is 0.623. The Balaban J connectivity index is 2.33. The van der Waals surface area contributed by atoms with Crippen molar-refractivity contribution in [3.8, 4) is 11.8 Å². The highest BCUT2D eigenvalue weighted by Crippen LogP contribution is 2.28. The molecule has 0 fully saturated rings. The Labute approximate surface area is 125 Å². The molecule has 2 aromatic heterocycles. The van der Waals surface area contributed by atoms with Crippen LogP contribution in [0.3, 0.4) is 0 Å². The average molecular weight is 301 g/mol. The lowest BCUT2D eigenvalue weighted by atomic mass is 10.2. The monoisotopic (exact) mass is 300 g/mol. The molecule has 104 valence electrons. The molecule has 3 aromatic rings. The molecule has 3 rings (SSSR count). The van der Waals surface area contributed by atoms with E-state index in [9.17, 15) is 4.39 Å². The first-order valence-electron chi connectivity index (χ1n) is 6.28. The Kier molecular flexibility index (Phi) is 3.32. The van der Waals surface area contributed by atoms with Gasteiger partial charge in [0.2, 0.25) is 0 Å². The molecule has 6 heteroatoms. The zero-order valence-electron chi connectivity index (χ0n) is 11.1. The van der Waals surface area contributed by atoms with Crippen LogP contribution in [0, 0.1) is 17.1 Å². The van der Waals surface area contributed by atoms with Crippen LogP contribution in [0.5, 0.6) is 0 Å². The molecule has 0 aliphatic carbocycles. The summed E-state index contributed by atoms with van der Waals surface area (Å²) in [6.45, 7) is 1.81. The zero-order chi connectivity index (χ0) is 15.0. The third kappa shape index (κ3) is 2.24. The maximum absolute atomic E-state index is 13.5. The molecule has 0 amide bonds. The van der Waals surface area contributed by atoms with Crippen LogP contribution in [0.2, 0.25) is 0 Å². The van der Waals surface area contributed by atoms with Crippen LogP contribution in [0.1, 0.15) is 23.7 Å². The molecule has 1 atom stereocenters. The maximum atomic E-state index is 13.5. The highest BCUT2D eigenvalue weighted by Gasteiger charge is 2.17. The second-order valence-corrected chi connectivity index (χ2v) is 5.22. The number of alkyl halides is 1. The highest BCUT2D eigenvalue weighted by atomic mass is 35.5. The normalized spacial score (nSPS) is 12.3. The van der Waals surface area contributed by atoms with E-state index in [2.05, 4.69) is 9.97 Å². The van der Waals surface area contributed by atoms with E-state index < -0.39 is 5.82 Å². The van der Waals surface area contributed by atoms with E-state index in [0.29, 0.717) is 17.0 Å². The topological polar surface area (TPSA) is 54.5 Å². The van der Waals surface area contributed by atoms with Gasteiger partial charge < -0.3 is 0 Å². The van der Waals surface area contributed by atoms with Crippen LogP contribution in [0.4, 0.5) is 4.39 Å². The van der Waals surface area contributed by atoms with Crippen LogP contribution in [-0.2, 0) is 0 Å². The van der Waals surface area contributed by atoms with E-state index in [1.54, 1.807) is 31.5 Å². The van der Waals surface area contributed by atoms with Gasteiger partial charge in [-0.15, -0.1) is 11.6 Å². The van der Waals surface area contributed by atoms with Gasteiger partial charge in [-0.05, 0) is 31.2 Å². The van der Waals surface area contributed by atoms with Gasteiger partial charge in [-0.2, -0.15) is 5.26 Å². The molecule has 0 saturated heterocycles. The van der Waals surface area contributed by atoms with Gasteiger partial charge in [0.1, 0.15) is 23.2 Å². The second-order valence-electron chi connectivity index (χ2n) is 4.56. The molecular formula is C15H10ClFN4. The summed E-state index contributed by atoms with van der Waals surface area (Å²) in [6.07, 6.45) is 3.29. The summed E-state index contributed by atoms with van der Waals surface area (Å²) in [5.41, 5.74) is 2.13. The summed E-state index contributed by atoms with van der Waals surface area (Å²) in [4.78, 5) is 8.50. The summed E-state index contributed by atoms with van der Waals surface area (Å²) in [5, 5.41) is 8.64. The summed E-state index contributed by atoms with van der Waals surface area (Å²) < 4.78 is 15.3. The van der Waals surface area contributed by atoms with Crippen molar-refractivity contribution in [1.82, 2.24) is 14.5 Å². The molecular weight excluding hydrogens is 291 g/mol. The molecule has 4 nitrogen and oxygen atoms in total. The number of imidazole rings is 1. The summed E-state index contributed by atoms with van der Waals surface area (Å²) in [6, 6.07) is 8.00. The van der Waals surface area contributed by atoms with Crippen molar-refractivity contribution in [2.24, 2.45) is 0 Å². The first-order chi connectivity index (χ1) is 10.1. The van der Waals surface area contributed by atoms with Crippen molar-refractivity contribution in [3.63, 3.8) is 0 Å². The Hall–Kier alpha value is -2.45. The molecule has 21 heavy (non-hydrogen) atoms. The summed E-state index contributed by atoms with van der Waals surface area (Å²) in [5.74, 6) is 0.0722. The first kappa shape index (κ1) is 13.5. The Bertz CT molecular complexity index is 864. The summed E-state index contributed by atoms with van der Waals surface area (Å²) >= 11 is 6.19. The number of pyridine rings is 1. The number of hydrogen-bond donors (Lipinski definition) is 0. The molecule has 0 spiro atoms. The van der Waals surface area contributed by atoms with Crippen LogP contribution in [0.25, 0.3) is 16.7 Å². The third-order valence-corrected chi connectivity index (χ3v) is 3.36. The van der Waals surface area contributed by atoms with Gasteiger partial charge in [0, 0.05) is 11.9 Å². The molecule has 0 aliphatic heterocycles. The smallest absolute Gasteiger partial charge is 0.141 e.